The van der Waals surface area contributed by atoms with Gasteiger partial charge in [0.25, 0.3) is 0 Å². The van der Waals surface area contributed by atoms with Crippen LogP contribution in [0, 0.1) is 11.8 Å². The van der Waals surface area contributed by atoms with E-state index in [9.17, 15) is 9.59 Å². The molecule has 3 aliphatic heterocycles. The van der Waals surface area contributed by atoms with Crippen LogP contribution >= 0.6 is 0 Å². The SMILES string of the molecule is C=CC1CC(c2nc3c(ccc4cc5c(cc43)OCc3cc(-c4cnc(C6CC(C)CN6C(=O)CCC)[nH]4)ccc3-5)[nH]2)N(C(=O)CCC)C1. The molecular weight excluding hydrogens is 612 g/mol. The van der Waals surface area contributed by atoms with E-state index < -0.39 is 0 Å². The van der Waals surface area contributed by atoms with Gasteiger partial charge in [-0.15, -0.1) is 6.58 Å². The monoisotopic (exact) mass is 656 g/mol. The lowest BCUT2D eigenvalue weighted by atomic mass is 9.92. The molecule has 252 valence electrons. The average molecular weight is 657 g/mol. The van der Waals surface area contributed by atoms with Crippen molar-refractivity contribution in [2.24, 2.45) is 11.8 Å². The maximum atomic E-state index is 13.0. The van der Waals surface area contributed by atoms with E-state index in [2.05, 4.69) is 65.9 Å². The summed E-state index contributed by atoms with van der Waals surface area (Å²) in [7, 11) is 0. The molecule has 2 aromatic heterocycles. The third kappa shape index (κ3) is 5.49. The van der Waals surface area contributed by atoms with E-state index in [1.54, 1.807) is 0 Å². The Kier molecular flexibility index (Phi) is 8.01. The fourth-order valence-electron chi connectivity index (χ4n) is 8.15. The lowest BCUT2D eigenvalue weighted by molar-refractivity contribution is -0.133. The quantitative estimate of drug-likeness (QED) is 0.164. The van der Waals surface area contributed by atoms with Gasteiger partial charge in [0.1, 0.15) is 24.0 Å². The molecule has 8 rings (SSSR count). The Morgan fingerprint density at radius 2 is 1.71 bits per heavy atom. The minimum Gasteiger partial charge on any atom is -0.488 e. The van der Waals surface area contributed by atoms with Gasteiger partial charge < -0.3 is 24.5 Å². The summed E-state index contributed by atoms with van der Waals surface area (Å²) in [5, 5.41) is 2.12. The van der Waals surface area contributed by atoms with Crippen molar-refractivity contribution in [1.82, 2.24) is 29.7 Å². The Balaban J connectivity index is 1.09. The highest BCUT2D eigenvalue weighted by molar-refractivity contribution is 6.07. The fourth-order valence-corrected chi connectivity index (χ4v) is 8.15. The summed E-state index contributed by atoms with van der Waals surface area (Å²) in [6.45, 7) is 12.2. The van der Waals surface area contributed by atoms with Crippen LogP contribution in [0.5, 0.6) is 5.75 Å². The van der Waals surface area contributed by atoms with E-state index in [1.807, 2.05) is 35.9 Å². The van der Waals surface area contributed by atoms with Gasteiger partial charge in [-0.3, -0.25) is 9.59 Å². The molecule has 0 spiro atoms. The van der Waals surface area contributed by atoms with Crippen molar-refractivity contribution in [2.45, 2.75) is 78.0 Å². The molecule has 3 aliphatic rings. The van der Waals surface area contributed by atoms with E-state index in [-0.39, 0.29) is 29.8 Å². The second-order valence-corrected chi connectivity index (χ2v) is 14.2. The van der Waals surface area contributed by atoms with E-state index >= 15 is 0 Å². The highest BCUT2D eigenvalue weighted by atomic mass is 16.5. The van der Waals surface area contributed by atoms with Gasteiger partial charge in [-0.2, -0.15) is 0 Å². The number of hydrogen-bond donors (Lipinski definition) is 2. The summed E-state index contributed by atoms with van der Waals surface area (Å²) in [5.74, 6) is 3.62. The zero-order chi connectivity index (χ0) is 33.8. The third-order valence-corrected chi connectivity index (χ3v) is 10.6. The van der Waals surface area contributed by atoms with E-state index in [0.29, 0.717) is 31.9 Å². The largest absolute Gasteiger partial charge is 0.488 e. The Morgan fingerprint density at radius 3 is 2.49 bits per heavy atom. The first-order valence-electron chi connectivity index (χ1n) is 17.8. The predicted molar refractivity (Wildman–Crippen MR) is 192 cm³/mol. The van der Waals surface area contributed by atoms with Crippen molar-refractivity contribution in [3.05, 3.63) is 78.5 Å². The molecule has 2 amide bonds. The number of hydrogen-bond acceptors (Lipinski definition) is 5. The molecule has 3 aromatic carbocycles. The normalized spacial score (nSPS) is 21.6. The van der Waals surface area contributed by atoms with Gasteiger partial charge in [-0.05, 0) is 83.9 Å². The maximum absolute atomic E-state index is 13.0. The van der Waals surface area contributed by atoms with E-state index in [0.717, 1.165) is 99.4 Å². The number of carbonyl (C=O) groups is 2. The zero-order valence-corrected chi connectivity index (χ0v) is 28.6. The molecule has 0 aliphatic carbocycles. The van der Waals surface area contributed by atoms with Gasteiger partial charge in [0.15, 0.2) is 0 Å². The Morgan fingerprint density at radius 1 is 0.939 bits per heavy atom. The van der Waals surface area contributed by atoms with Crippen LogP contribution in [-0.2, 0) is 16.2 Å². The number of rotatable bonds is 8. The van der Waals surface area contributed by atoms with Crippen molar-refractivity contribution in [1.29, 1.82) is 0 Å². The van der Waals surface area contributed by atoms with Crippen molar-refractivity contribution < 1.29 is 14.3 Å². The number of fused-ring (bicyclic) bond motifs is 6. The lowest BCUT2D eigenvalue weighted by Crippen LogP contribution is -2.31. The number of ether oxygens (including phenoxy) is 1. The molecule has 0 bridgehead atoms. The molecule has 2 saturated heterocycles. The summed E-state index contributed by atoms with van der Waals surface area (Å²) in [4.78, 5) is 46.8. The van der Waals surface area contributed by atoms with Crippen LogP contribution in [0.1, 0.15) is 88.6 Å². The first-order valence-corrected chi connectivity index (χ1v) is 17.8. The van der Waals surface area contributed by atoms with Gasteiger partial charge in [0.2, 0.25) is 11.8 Å². The zero-order valence-electron chi connectivity index (χ0n) is 28.6. The van der Waals surface area contributed by atoms with Crippen LogP contribution in [0.25, 0.3) is 44.2 Å². The number of H-pyrrole nitrogens is 2. The summed E-state index contributed by atoms with van der Waals surface area (Å²) in [6.07, 6.45) is 8.38. The van der Waals surface area contributed by atoms with Gasteiger partial charge in [0, 0.05) is 36.9 Å². The average Bonchev–Trinajstić information content (AvgIpc) is 3.92. The number of aromatic amines is 2. The topological polar surface area (TPSA) is 107 Å². The standard InChI is InChI=1S/C40H44N6O3/c1-5-8-36(47)45-20-23(4)14-33(45)39-41-19-32(43-39)26-10-12-28-27(16-26)22-49-35-18-29-25(17-30(28)35)11-13-31-38(29)44-40(42-31)34-15-24(7-3)21-46(34)37(48)9-6-2/h7,10-13,16-19,23-24,33-34H,3,5-6,8-9,14-15,20-22H2,1-2,4H3,(H,41,43)(H,42,44). The highest BCUT2D eigenvalue weighted by Gasteiger charge is 2.37. The van der Waals surface area contributed by atoms with Gasteiger partial charge in [0.05, 0.1) is 35.0 Å². The van der Waals surface area contributed by atoms with Gasteiger partial charge in [-0.1, -0.05) is 45.0 Å². The summed E-state index contributed by atoms with van der Waals surface area (Å²) < 4.78 is 6.40. The molecule has 49 heavy (non-hydrogen) atoms. The number of nitrogens with one attached hydrogen (secondary N) is 2. The van der Waals surface area contributed by atoms with Crippen molar-refractivity contribution in [2.75, 3.05) is 13.1 Å². The molecule has 9 nitrogen and oxygen atoms in total. The molecule has 4 unspecified atom stereocenters. The van der Waals surface area contributed by atoms with Crippen LogP contribution in [0.2, 0.25) is 0 Å². The maximum Gasteiger partial charge on any atom is 0.223 e. The van der Waals surface area contributed by atoms with Crippen LogP contribution in [0.3, 0.4) is 0 Å². The molecule has 9 heteroatoms. The van der Waals surface area contributed by atoms with Crippen molar-refractivity contribution in [3.8, 4) is 28.1 Å². The van der Waals surface area contributed by atoms with E-state index in [4.69, 9.17) is 14.7 Å². The van der Waals surface area contributed by atoms with Crippen LogP contribution in [0.4, 0.5) is 0 Å². The first kappa shape index (κ1) is 31.4. The number of amides is 2. The number of imidazole rings is 2. The predicted octanol–water partition coefficient (Wildman–Crippen LogP) is 8.25. The molecular formula is C40H44N6O3. The molecule has 4 atom stereocenters. The Bertz CT molecular complexity index is 2090. The minimum absolute atomic E-state index is 0.00862. The van der Waals surface area contributed by atoms with Crippen molar-refractivity contribution >= 4 is 33.6 Å². The fraction of sp³-hybridized carbons (Fsp3) is 0.400. The molecule has 2 fully saturated rings. The van der Waals surface area contributed by atoms with Crippen molar-refractivity contribution in [3.63, 3.8) is 0 Å². The number of aromatic nitrogens is 4. The van der Waals surface area contributed by atoms with E-state index in [1.165, 1.54) is 0 Å². The van der Waals surface area contributed by atoms with Crippen LogP contribution in [-0.4, -0.2) is 54.6 Å². The Labute approximate surface area is 286 Å². The van der Waals surface area contributed by atoms with Crippen LogP contribution < -0.4 is 4.74 Å². The third-order valence-electron chi connectivity index (χ3n) is 10.6. The number of benzene rings is 3. The molecule has 5 heterocycles. The summed E-state index contributed by atoms with van der Waals surface area (Å²) >= 11 is 0. The summed E-state index contributed by atoms with van der Waals surface area (Å²) in [5.41, 5.74) is 7.17. The second-order valence-electron chi connectivity index (χ2n) is 14.2. The summed E-state index contributed by atoms with van der Waals surface area (Å²) in [6, 6.07) is 14.9. The molecule has 0 saturated carbocycles. The molecule has 0 radical (unpaired) electrons. The van der Waals surface area contributed by atoms with Gasteiger partial charge in [-0.25, -0.2) is 9.97 Å². The number of likely N-dealkylation sites (tertiary alicyclic amines) is 2. The number of carbonyl (C=O) groups excluding carboxylic acids is 2. The minimum atomic E-state index is -0.0883. The lowest BCUT2D eigenvalue weighted by Gasteiger charge is -2.23. The Hall–Kier alpha value is -4.92. The second kappa shape index (κ2) is 12.5. The smallest absolute Gasteiger partial charge is 0.223 e. The highest BCUT2D eigenvalue weighted by Crippen LogP contribution is 2.44. The van der Waals surface area contributed by atoms with Gasteiger partial charge >= 0.3 is 0 Å². The molecule has 5 aromatic rings. The molecule has 2 N–H and O–H groups in total. The first-order chi connectivity index (χ1) is 23.8. The number of nitrogens with zero attached hydrogens (tertiary/aromatic N) is 4. The van der Waals surface area contributed by atoms with Crippen LogP contribution in [0.15, 0.2) is 61.3 Å².